The molecule has 2 aromatic carbocycles. The van der Waals surface area contributed by atoms with E-state index in [2.05, 4.69) is 68.5 Å². The Hall–Kier alpha value is -1.94. The Bertz CT molecular complexity index is 678. The molecular weight excluding hydrogens is 314 g/mol. The van der Waals surface area contributed by atoms with Gasteiger partial charge in [-0.1, -0.05) is 58.4 Å². The quantitative estimate of drug-likeness (QED) is 0.726. The molecule has 0 bridgehead atoms. The van der Waals surface area contributed by atoms with Gasteiger partial charge in [0.2, 0.25) is 0 Å². The van der Waals surface area contributed by atoms with Gasteiger partial charge in [-0.25, -0.2) is 4.98 Å². The summed E-state index contributed by atoms with van der Waals surface area (Å²) in [6.45, 7) is 0.837. The Kier molecular flexibility index (Phi) is 3.92. The van der Waals surface area contributed by atoms with Gasteiger partial charge in [-0.3, -0.25) is 4.68 Å². The van der Waals surface area contributed by atoms with Gasteiger partial charge in [-0.2, -0.15) is 5.10 Å². The van der Waals surface area contributed by atoms with Crippen molar-refractivity contribution in [3.8, 4) is 11.1 Å². The van der Waals surface area contributed by atoms with Crippen LogP contribution in [0.25, 0.3) is 11.1 Å². The van der Waals surface area contributed by atoms with Gasteiger partial charge in [0.25, 0.3) is 0 Å². The van der Waals surface area contributed by atoms with E-state index < -0.39 is 0 Å². The van der Waals surface area contributed by atoms with Crippen LogP contribution in [0.1, 0.15) is 5.56 Å². The number of hydrogen-bond acceptors (Lipinski definition) is 2. The summed E-state index contributed by atoms with van der Waals surface area (Å²) in [6, 6.07) is 16.9. The predicted molar refractivity (Wildman–Crippen MR) is 83.3 cm³/mol. The minimum atomic E-state index is 0.837. The van der Waals surface area contributed by atoms with Gasteiger partial charge in [0.15, 0.2) is 0 Å². The van der Waals surface area contributed by atoms with Crippen LogP contribution in [0, 0.1) is 0 Å². The largest absolute Gasteiger partial charge is 0.253 e. The molecular formula is C16H14BrN3. The van der Waals surface area contributed by atoms with Crippen molar-refractivity contribution in [2.75, 3.05) is 0 Å². The highest BCUT2D eigenvalue weighted by molar-refractivity contribution is 9.10. The first kappa shape index (κ1) is 13.1. The molecule has 3 nitrogen and oxygen atoms in total. The Balaban J connectivity index is 1.77. The maximum Gasteiger partial charge on any atom is 0.137 e. The zero-order valence-corrected chi connectivity index (χ0v) is 12.5. The van der Waals surface area contributed by atoms with Crippen LogP contribution in [0.4, 0.5) is 0 Å². The van der Waals surface area contributed by atoms with Gasteiger partial charge in [0.05, 0.1) is 0 Å². The lowest BCUT2D eigenvalue weighted by molar-refractivity contribution is 0.612. The fourth-order valence-corrected chi connectivity index (χ4v) is 2.72. The number of halogens is 1. The first-order chi connectivity index (χ1) is 9.83. The normalized spacial score (nSPS) is 10.7. The van der Waals surface area contributed by atoms with Gasteiger partial charge in [-0.05, 0) is 29.2 Å². The number of aromatic nitrogens is 3. The number of rotatable bonds is 4. The highest BCUT2D eigenvalue weighted by Gasteiger charge is 2.04. The number of hydrogen-bond donors (Lipinski definition) is 0. The van der Waals surface area contributed by atoms with Gasteiger partial charge >= 0.3 is 0 Å². The third-order valence-electron chi connectivity index (χ3n) is 3.24. The number of benzene rings is 2. The number of aryl methyl sites for hydroxylation is 2. The molecule has 3 aromatic rings. The van der Waals surface area contributed by atoms with E-state index >= 15 is 0 Å². The van der Waals surface area contributed by atoms with Crippen LogP contribution in [0.15, 0.2) is 65.7 Å². The highest BCUT2D eigenvalue weighted by Crippen LogP contribution is 2.26. The average molecular weight is 328 g/mol. The molecule has 0 spiro atoms. The van der Waals surface area contributed by atoms with Crippen LogP contribution < -0.4 is 0 Å². The molecule has 0 saturated heterocycles. The Morgan fingerprint density at radius 1 is 1.00 bits per heavy atom. The van der Waals surface area contributed by atoms with Crippen molar-refractivity contribution in [1.82, 2.24) is 14.8 Å². The summed E-state index contributed by atoms with van der Waals surface area (Å²) >= 11 is 3.66. The molecule has 0 unspecified atom stereocenters. The zero-order chi connectivity index (χ0) is 13.8. The average Bonchev–Trinajstić information content (AvgIpc) is 3.00. The van der Waals surface area contributed by atoms with Crippen LogP contribution in [-0.2, 0) is 13.0 Å². The predicted octanol–water partition coefficient (Wildman–Crippen LogP) is 3.95. The molecule has 0 amide bonds. The molecule has 3 rings (SSSR count). The summed E-state index contributed by atoms with van der Waals surface area (Å²) in [6.07, 6.45) is 4.23. The van der Waals surface area contributed by atoms with E-state index in [0.29, 0.717) is 0 Å². The van der Waals surface area contributed by atoms with Gasteiger partial charge < -0.3 is 0 Å². The molecule has 20 heavy (non-hydrogen) atoms. The monoisotopic (exact) mass is 327 g/mol. The fraction of sp³-hybridized carbons (Fsp3) is 0.125. The van der Waals surface area contributed by atoms with E-state index in [0.717, 1.165) is 17.4 Å². The van der Waals surface area contributed by atoms with Crippen LogP contribution in [0.5, 0.6) is 0 Å². The lowest BCUT2D eigenvalue weighted by atomic mass is 10.0. The topological polar surface area (TPSA) is 30.7 Å². The fourth-order valence-electron chi connectivity index (χ4n) is 2.14. The minimum Gasteiger partial charge on any atom is -0.253 e. The van der Waals surface area contributed by atoms with E-state index in [9.17, 15) is 0 Å². The molecule has 0 fully saturated rings. The Labute approximate surface area is 126 Å². The Morgan fingerprint density at radius 3 is 2.55 bits per heavy atom. The third kappa shape index (κ3) is 2.96. The summed E-state index contributed by atoms with van der Waals surface area (Å²) in [7, 11) is 0. The standard InChI is InChI=1S/C16H14BrN3/c17-16-10-15(13-4-2-1-3-5-13)7-6-14(16)8-9-20-12-18-11-19-20/h1-7,10-12H,8-9H2. The lowest BCUT2D eigenvalue weighted by Crippen LogP contribution is -2.02. The van der Waals surface area contributed by atoms with E-state index in [4.69, 9.17) is 0 Å². The molecule has 0 atom stereocenters. The van der Waals surface area contributed by atoms with Crippen molar-refractivity contribution in [2.45, 2.75) is 13.0 Å². The summed E-state index contributed by atoms with van der Waals surface area (Å²) < 4.78 is 2.98. The highest BCUT2D eigenvalue weighted by atomic mass is 79.9. The molecule has 0 aliphatic carbocycles. The second-order valence-electron chi connectivity index (χ2n) is 4.58. The summed E-state index contributed by atoms with van der Waals surface area (Å²) in [5, 5.41) is 4.12. The van der Waals surface area contributed by atoms with Crippen molar-refractivity contribution in [1.29, 1.82) is 0 Å². The van der Waals surface area contributed by atoms with E-state index in [1.807, 2.05) is 10.7 Å². The smallest absolute Gasteiger partial charge is 0.137 e. The van der Waals surface area contributed by atoms with Crippen LogP contribution in [-0.4, -0.2) is 14.8 Å². The molecule has 0 radical (unpaired) electrons. The van der Waals surface area contributed by atoms with E-state index in [-0.39, 0.29) is 0 Å². The van der Waals surface area contributed by atoms with Crippen molar-refractivity contribution in [2.24, 2.45) is 0 Å². The van der Waals surface area contributed by atoms with Gasteiger partial charge in [-0.15, -0.1) is 0 Å². The van der Waals surface area contributed by atoms with E-state index in [1.165, 1.54) is 16.7 Å². The summed E-state index contributed by atoms with van der Waals surface area (Å²) in [5.41, 5.74) is 3.73. The third-order valence-corrected chi connectivity index (χ3v) is 3.98. The molecule has 1 heterocycles. The molecule has 100 valence electrons. The minimum absolute atomic E-state index is 0.837. The molecule has 0 aliphatic rings. The second kappa shape index (κ2) is 6.01. The van der Waals surface area contributed by atoms with Crippen molar-refractivity contribution in [3.05, 3.63) is 71.2 Å². The SMILES string of the molecule is Brc1cc(-c2ccccc2)ccc1CCn1cncn1. The molecule has 0 N–H and O–H groups in total. The summed E-state index contributed by atoms with van der Waals surface area (Å²) in [4.78, 5) is 3.95. The summed E-state index contributed by atoms with van der Waals surface area (Å²) in [5.74, 6) is 0. The van der Waals surface area contributed by atoms with Crippen molar-refractivity contribution < 1.29 is 0 Å². The van der Waals surface area contributed by atoms with Crippen molar-refractivity contribution >= 4 is 15.9 Å². The number of nitrogens with zero attached hydrogens (tertiary/aromatic N) is 3. The van der Waals surface area contributed by atoms with Crippen molar-refractivity contribution in [3.63, 3.8) is 0 Å². The maximum absolute atomic E-state index is 4.12. The first-order valence-corrected chi connectivity index (χ1v) is 7.28. The zero-order valence-electron chi connectivity index (χ0n) is 10.9. The molecule has 0 aliphatic heterocycles. The van der Waals surface area contributed by atoms with Crippen LogP contribution in [0.3, 0.4) is 0 Å². The lowest BCUT2D eigenvalue weighted by Gasteiger charge is -2.08. The van der Waals surface area contributed by atoms with Crippen LogP contribution >= 0.6 is 15.9 Å². The molecule has 4 heteroatoms. The maximum atomic E-state index is 4.12. The molecule has 0 saturated carbocycles. The Morgan fingerprint density at radius 2 is 1.85 bits per heavy atom. The van der Waals surface area contributed by atoms with Crippen LogP contribution in [0.2, 0.25) is 0 Å². The van der Waals surface area contributed by atoms with E-state index in [1.54, 1.807) is 12.7 Å². The first-order valence-electron chi connectivity index (χ1n) is 6.49. The molecule has 1 aromatic heterocycles. The van der Waals surface area contributed by atoms with Gasteiger partial charge in [0, 0.05) is 11.0 Å². The second-order valence-corrected chi connectivity index (χ2v) is 5.44. The van der Waals surface area contributed by atoms with Gasteiger partial charge in [0.1, 0.15) is 12.7 Å².